The summed E-state index contributed by atoms with van der Waals surface area (Å²) in [6.45, 7) is 3.55. The number of aromatic amines is 1. The van der Waals surface area contributed by atoms with Crippen LogP contribution >= 0.6 is 0 Å². The van der Waals surface area contributed by atoms with E-state index in [1.807, 2.05) is 6.92 Å². The third-order valence-corrected chi connectivity index (χ3v) is 2.26. The summed E-state index contributed by atoms with van der Waals surface area (Å²) < 4.78 is 0. The molecule has 0 bridgehead atoms. The molecule has 0 amide bonds. The first-order chi connectivity index (χ1) is 6.59. The molecule has 72 valence electrons. The van der Waals surface area contributed by atoms with Gasteiger partial charge in [0.1, 0.15) is 0 Å². The van der Waals surface area contributed by atoms with Gasteiger partial charge in [0.2, 0.25) is 0 Å². The largest absolute Gasteiger partial charge is 0.282 e. The number of aryl methyl sites for hydroxylation is 2. The van der Waals surface area contributed by atoms with Gasteiger partial charge in [-0.2, -0.15) is 5.10 Å². The number of nitro benzene ring substituents is 1. The van der Waals surface area contributed by atoms with Crippen LogP contribution in [-0.4, -0.2) is 15.1 Å². The smallest absolute Gasteiger partial charge is 0.273 e. The van der Waals surface area contributed by atoms with Gasteiger partial charge in [0.15, 0.2) is 0 Å². The molecule has 2 rings (SSSR count). The Kier molecular flexibility index (Phi) is 1.73. The minimum atomic E-state index is -0.374. The fourth-order valence-electron chi connectivity index (χ4n) is 1.48. The summed E-state index contributed by atoms with van der Waals surface area (Å²) in [6, 6.07) is 3.28. The van der Waals surface area contributed by atoms with Gasteiger partial charge in [-0.05, 0) is 19.9 Å². The van der Waals surface area contributed by atoms with Crippen LogP contribution in [0.1, 0.15) is 11.3 Å². The lowest BCUT2D eigenvalue weighted by Gasteiger charge is -1.96. The van der Waals surface area contributed by atoms with Gasteiger partial charge in [0, 0.05) is 22.7 Å². The number of rotatable bonds is 1. The molecule has 14 heavy (non-hydrogen) atoms. The zero-order chi connectivity index (χ0) is 10.3. The van der Waals surface area contributed by atoms with E-state index in [1.54, 1.807) is 19.1 Å². The molecule has 5 nitrogen and oxygen atoms in total. The van der Waals surface area contributed by atoms with E-state index in [-0.39, 0.29) is 10.6 Å². The normalized spacial score (nSPS) is 10.7. The van der Waals surface area contributed by atoms with Crippen molar-refractivity contribution in [1.82, 2.24) is 10.2 Å². The maximum absolute atomic E-state index is 10.7. The van der Waals surface area contributed by atoms with Gasteiger partial charge in [-0.1, -0.05) is 0 Å². The van der Waals surface area contributed by atoms with Crippen LogP contribution in [0.4, 0.5) is 5.69 Å². The molecule has 0 aliphatic carbocycles. The fourth-order valence-corrected chi connectivity index (χ4v) is 1.48. The number of H-pyrrole nitrogens is 1. The molecule has 0 unspecified atom stereocenters. The monoisotopic (exact) mass is 191 g/mol. The Morgan fingerprint density at radius 2 is 2.14 bits per heavy atom. The molecule has 1 aromatic carbocycles. The summed E-state index contributed by atoms with van der Waals surface area (Å²) in [4.78, 5) is 10.3. The molecule has 2 aromatic rings. The Bertz CT molecular complexity index is 516. The molecule has 1 N–H and O–H groups in total. The molecule has 0 radical (unpaired) electrons. The summed E-state index contributed by atoms with van der Waals surface area (Å²) in [6.07, 6.45) is 0. The minimum absolute atomic E-state index is 0.141. The van der Waals surface area contributed by atoms with E-state index < -0.39 is 0 Å². The second kappa shape index (κ2) is 2.80. The van der Waals surface area contributed by atoms with Crippen molar-refractivity contribution in [3.8, 4) is 0 Å². The zero-order valence-electron chi connectivity index (χ0n) is 7.87. The first-order valence-corrected chi connectivity index (χ1v) is 4.19. The van der Waals surface area contributed by atoms with Gasteiger partial charge >= 0.3 is 0 Å². The van der Waals surface area contributed by atoms with Crippen LogP contribution in [-0.2, 0) is 0 Å². The maximum Gasteiger partial charge on any atom is 0.273 e. The number of fused-ring (bicyclic) bond motifs is 1. The minimum Gasteiger partial charge on any atom is -0.282 e. The fraction of sp³-hybridized carbons (Fsp3) is 0.222. The van der Waals surface area contributed by atoms with Crippen LogP contribution in [0.3, 0.4) is 0 Å². The highest BCUT2D eigenvalue weighted by Crippen LogP contribution is 2.25. The highest BCUT2D eigenvalue weighted by atomic mass is 16.6. The van der Waals surface area contributed by atoms with Crippen molar-refractivity contribution >= 4 is 16.6 Å². The number of hydrogen-bond donors (Lipinski definition) is 1. The van der Waals surface area contributed by atoms with Crippen molar-refractivity contribution in [3.05, 3.63) is 33.5 Å². The van der Waals surface area contributed by atoms with Crippen molar-refractivity contribution < 1.29 is 4.92 Å². The third-order valence-electron chi connectivity index (χ3n) is 2.26. The molecule has 5 heteroatoms. The lowest BCUT2D eigenvalue weighted by Crippen LogP contribution is -1.91. The summed E-state index contributed by atoms with van der Waals surface area (Å²) in [5.74, 6) is 0. The topological polar surface area (TPSA) is 71.8 Å². The van der Waals surface area contributed by atoms with Gasteiger partial charge in [0.05, 0.1) is 10.4 Å². The second-order valence-electron chi connectivity index (χ2n) is 3.26. The van der Waals surface area contributed by atoms with Gasteiger partial charge in [-0.25, -0.2) is 0 Å². The Morgan fingerprint density at radius 1 is 1.43 bits per heavy atom. The summed E-state index contributed by atoms with van der Waals surface area (Å²) in [5.41, 5.74) is 2.39. The number of nitrogens with zero attached hydrogens (tertiary/aromatic N) is 2. The van der Waals surface area contributed by atoms with Gasteiger partial charge in [-0.15, -0.1) is 0 Å². The first kappa shape index (κ1) is 8.68. The zero-order valence-corrected chi connectivity index (χ0v) is 7.87. The van der Waals surface area contributed by atoms with E-state index in [2.05, 4.69) is 10.2 Å². The number of hydrogen-bond acceptors (Lipinski definition) is 3. The Morgan fingerprint density at radius 3 is 2.79 bits per heavy atom. The summed E-state index contributed by atoms with van der Waals surface area (Å²) >= 11 is 0. The molecule has 0 aliphatic heterocycles. The van der Waals surface area contributed by atoms with Gasteiger partial charge in [0.25, 0.3) is 5.69 Å². The van der Waals surface area contributed by atoms with E-state index >= 15 is 0 Å². The highest BCUT2D eigenvalue weighted by Gasteiger charge is 2.13. The number of nitrogens with one attached hydrogen (secondary N) is 1. The van der Waals surface area contributed by atoms with E-state index in [0.717, 1.165) is 16.6 Å². The molecular weight excluding hydrogens is 182 g/mol. The molecule has 1 heterocycles. The summed E-state index contributed by atoms with van der Waals surface area (Å²) in [7, 11) is 0. The van der Waals surface area contributed by atoms with Crippen molar-refractivity contribution in [2.75, 3.05) is 0 Å². The van der Waals surface area contributed by atoms with Crippen LogP contribution in [0.2, 0.25) is 0 Å². The molecule has 0 saturated heterocycles. The average Bonchev–Trinajstić information content (AvgIpc) is 2.46. The quantitative estimate of drug-likeness (QED) is 0.554. The van der Waals surface area contributed by atoms with Gasteiger partial charge < -0.3 is 0 Å². The molecule has 1 aromatic heterocycles. The summed E-state index contributed by atoms with van der Waals surface area (Å²) in [5, 5.41) is 18.3. The van der Waals surface area contributed by atoms with E-state index in [1.165, 1.54) is 0 Å². The average molecular weight is 191 g/mol. The van der Waals surface area contributed by atoms with Crippen molar-refractivity contribution in [2.45, 2.75) is 13.8 Å². The SMILES string of the molecule is Cc1cc2n[nH]c(C)c2cc1[N+](=O)[O-]. The van der Waals surface area contributed by atoms with E-state index in [0.29, 0.717) is 5.56 Å². The predicted octanol–water partition coefficient (Wildman–Crippen LogP) is 2.09. The number of aromatic nitrogens is 2. The van der Waals surface area contributed by atoms with E-state index in [4.69, 9.17) is 0 Å². The van der Waals surface area contributed by atoms with Crippen LogP contribution in [0.25, 0.3) is 10.9 Å². The maximum atomic E-state index is 10.7. The van der Waals surface area contributed by atoms with E-state index in [9.17, 15) is 10.1 Å². The standard InChI is InChI=1S/C9H9N3O2/c1-5-3-8-7(6(2)10-11-8)4-9(5)12(13)14/h3-4H,1-2H3,(H,10,11). The molecule has 0 fully saturated rings. The van der Waals surface area contributed by atoms with Crippen molar-refractivity contribution in [2.24, 2.45) is 0 Å². The van der Waals surface area contributed by atoms with Crippen molar-refractivity contribution in [3.63, 3.8) is 0 Å². The molecule has 0 saturated carbocycles. The molecular formula is C9H9N3O2. The van der Waals surface area contributed by atoms with Crippen LogP contribution in [0.15, 0.2) is 12.1 Å². The van der Waals surface area contributed by atoms with Crippen LogP contribution in [0.5, 0.6) is 0 Å². The number of nitro groups is 1. The first-order valence-electron chi connectivity index (χ1n) is 4.19. The third kappa shape index (κ3) is 1.14. The molecule has 0 spiro atoms. The number of benzene rings is 1. The second-order valence-corrected chi connectivity index (χ2v) is 3.26. The molecule has 0 aliphatic rings. The Labute approximate surface area is 79.9 Å². The predicted molar refractivity (Wildman–Crippen MR) is 52.2 cm³/mol. The lowest BCUT2D eigenvalue weighted by molar-refractivity contribution is -0.385. The van der Waals surface area contributed by atoms with Crippen LogP contribution < -0.4 is 0 Å². The Hall–Kier alpha value is -1.91. The Balaban J connectivity index is 2.80. The van der Waals surface area contributed by atoms with Gasteiger partial charge in [-0.3, -0.25) is 15.2 Å². The van der Waals surface area contributed by atoms with Crippen LogP contribution in [0, 0.1) is 24.0 Å². The highest BCUT2D eigenvalue weighted by molar-refractivity contribution is 5.84. The lowest BCUT2D eigenvalue weighted by atomic mass is 10.1. The van der Waals surface area contributed by atoms with Crippen molar-refractivity contribution in [1.29, 1.82) is 0 Å². The molecule has 0 atom stereocenters.